The van der Waals surface area contributed by atoms with Crippen molar-refractivity contribution in [2.75, 3.05) is 18.1 Å². The Morgan fingerprint density at radius 3 is 2.44 bits per heavy atom. The molecule has 0 aromatic heterocycles. The second kappa shape index (κ2) is 5.82. The highest BCUT2D eigenvalue weighted by Crippen LogP contribution is 2.40. The largest absolute Gasteiger partial charge is 0.481 e. The zero-order valence-electron chi connectivity index (χ0n) is 10.4. The highest BCUT2D eigenvalue weighted by atomic mass is 32.2. The molecule has 1 heterocycles. The number of urea groups is 1. The van der Waals surface area contributed by atoms with Gasteiger partial charge in [-0.05, 0) is 37.2 Å². The molecule has 2 aliphatic rings. The molecule has 102 valence electrons. The van der Waals surface area contributed by atoms with E-state index in [9.17, 15) is 9.59 Å². The molecule has 6 heteroatoms. The SMILES string of the molecule is O=C(NCC1(C(=O)O)CCC1)NC1CCSCC1. The van der Waals surface area contributed by atoms with Gasteiger partial charge < -0.3 is 15.7 Å². The van der Waals surface area contributed by atoms with Gasteiger partial charge >= 0.3 is 12.0 Å². The predicted octanol–water partition coefficient (Wildman–Crippen LogP) is 1.44. The first-order valence-electron chi connectivity index (χ1n) is 6.48. The summed E-state index contributed by atoms with van der Waals surface area (Å²) in [6, 6.07) is 0.0212. The number of rotatable bonds is 4. The van der Waals surface area contributed by atoms with Gasteiger partial charge in [-0.1, -0.05) is 6.42 Å². The number of carboxylic acid groups (broad SMARTS) is 1. The molecule has 3 N–H and O–H groups in total. The summed E-state index contributed by atoms with van der Waals surface area (Å²) in [5.74, 6) is 1.39. The number of hydrogen-bond donors (Lipinski definition) is 3. The Morgan fingerprint density at radius 1 is 1.28 bits per heavy atom. The summed E-state index contributed by atoms with van der Waals surface area (Å²) in [6.45, 7) is 0.246. The second-order valence-electron chi connectivity index (χ2n) is 5.15. The van der Waals surface area contributed by atoms with Crippen LogP contribution >= 0.6 is 11.8 Å². The van der Waals surface area contributed by atoms with E-state index in [1.807, 2.05) is 11.8 Å². The molecule has 2 fully saturated rings. The topological polar surface area (TPSA) is 78.4 Å². The third-order valence-electron chi connectivity index (χ3n) is 3.91. The van der Waals surface area contributed by atoms with Gasteiger partial charge in [0.15, 0.2) is 0 Å². The van der Waals surface area contributed by atoms with Crippen LogP contribution in [0.15, 0.2) is 0 Å². The lowest BCUT2D eigenvalue weighted by Gasteiger charge is -2.37. The Balaban J connectivity index is 1.72. The van der Waals surface area contributed by atoms with E-state index < -0.39 is 11.4 Å². The van der Waals surface area contributed by atoms with Crippen molar-refractivity contribution in [1.29, 1.82) is 0 Å². The summed E-state index contributed by atoms with van der Waals surface area (Å²) in [6.07, 6.45) is 4.28. The maximum absolute atomic E-state index is 11.7. The standard InChI is InChI=1S/C12H20N2O3S/c15-10(16)12(4-1-5-12)8-13-11(17)14-9-2-6-18-7-3-9/h9H,1-8H2,(H,15,16)(H2,13,14,17). The average Bonchev–Trinajstić information content (AvgIpc) is 2.28. The average molecular weight is 272 g/mol. The molecule has 0 aromatic rings. The number of carbonyl (C=O) groups excluding carboxylic acids is 1. The van der Waals surface area contributed by atoms with Crippen LogP contribution in [0.5, 0.6) is 0 Å². The van der Waals surface area contributed by atoms with Gasteiger partial charge in [-0.3, -0.25) is 4.79 Å². The van der Waals surface area contributed by atoms with Crippen LogP contribution in [0.3, 0.4) is 0 Å². The van der Waals surface area contributed by atoms with Gasteiger partial charge in [-0.25, -0.2) is 4.79 Å². The fourth-order valence-electron chi connectivity index (χ4n) is 2.40. The van der Waals surface area contributed by atoms with Crippen molar-refractivity contribution >= 4 is 23.8 Å². The molecule has 0 spiro atoms. The number of hydrogen-bond acceptors (Lipinski definition) is 3. The highest BCUT2D eigenvalue weighted by molar-refractivity contribution is 7.99. The molecule has 0 unspecified atom stereocenters. The number of amides is 2. The summed E-state index contributed by atoms with van der Waals surface area (Å²) in [5.41, 5.74) is -0.709. The lowest BCUT2D eigenvalue weighted by molar-refractivity contribution is -0.153. The van der Waals surface area contributed by atoms with Crippen LogP contribution in [0, 0.1) is 5.41 Å². The molecule has 5 nitrogen and oxygen atoms in total. The van der Waals surface area contributed by atoms with Gasteiger partial charge in [0.05, 0.1) is 5.41 Å². The molecule has 2 amide bonds. The van der Waals surface area contributed by atoms with Crippen molar-refractivity contribution < 1.29 is 14.7 Å². The summed E-state index contributed by atoms with van der Waals surface area (Å²) in [7, 11) is 0. The highest BCUT2D eigenvalue weighted by Gasteiger charge is 2.44. The molecule has 1 saturated heterocycles. The van der Waals surface area contributed by atoms with Crippen LogP contribution in [0.1, 0.15) is 32.1 Å². The monoisotopic (exact) mass is 272 g/mol. The van der Waals surface area contributed by atoms with Crippen LogP contribution in [0.4, 0.5) is 4.79 Å². The zero-order valence-corrected chi connectivity index (χ0v) is 11.2. The van der Waals surface area contributed by atoms with E-state index in [1.165, 1.54) is 0 Å². The van der Waals surface area contributed by atoms with E-state index in [4.69, 9.17) is 5.11 Å². The minimum Gasteiger partial charge on any atom is -0.481 e. The molecule has 2 rings (SSSR count). The van der Waals surface area contributed by atoms with Gasteiger partial charge in [-0.15, -0.1) is 0 Å². The lowest BCUT2D eigenvalue weighted by atomic mass is 9.69. The maximum Gasteiger partial charge on any atom is 0.315 e. The lowest BCUT2D eigenvalue weighted by Crippen LogP contribution is -2.51. The summed E-state index contributed by atoms with van der Waals surface area (Å²) in [5, 5.41) is 14.8. The van der Waals surface area contributed by atoms with E-state index in [0.29, 0.717) is 12.8 Å². The smallest absolute Gasteiger partial charge is 0.315 e. The minimum atomic E-state index is -0.789. The summed E-state index contributed by atoms with van der Waals surface area (Å²) < 4.78 is 0. The first kappa shape index (κ1) is 13.5. The molecule has 0 bridgehead atoms. The van der Waals surface area contributed by atoms with Crippen molar-refractivity contribution in [1.82, 2.24) is 10.6 Å². The van der Waals surface area contributed by atoms with Crippen LogP contribution in [0.2, 0.25) is 0 Å². The van der Waals surface area contributed by atoms with E-state index in [-0.39, 0.29) is 18.6 Å². The number of nitrogens with one attached hydrogen (secondary N) is 2. The van der Waals surface area contributed by atoms with Gasteiger partial charge in [0.1, 0.15) is 0 Å². The van der Waals surface area contributed by atoms with E-state index in [2.05, 4.69) is 10.6 Å². The Labute approximate surface area is 111 Å². The number of aliphatic carboxylic acids is 1. The quantitative estimate of drug-likeness (QED) is 0.723. The van der Waals surface area contributed by atoms with Crippen molar-refractivity contribution in [3.63, 3.8) is 0 Å². The van der Waals surface area contributed by atoms with Gasteiger partial charge in [-0.2, -0.15) is 11.8 Å². The number of thioether (sulfide) groups is 1. The summed E-state index contributed by atoms with van der Waals surface area (Å²) in [4.78, 5) is 22.8. The van der Waals surface area contributed by atoms with Crippen LogP contribution in [-0.2, 0) is 4.79 Å². The second-order valence-corrected chi connectivity index (χ2v) is 6.38. The van der Waals surface area contributed by atoms with Gasteiger partial charge in [0, 0.05) is 12.6 Å². The molecule has 1 aliphatic carbocycles. The van der Waals surface area contributed by atoms with Crippen molar-refractivity contribution in [3.05, 3.63) is 0 Å². The van der Waals surface area contributed by atoms with Crippen molar-refractivity contribution in [2.24, 2.45) is 5.41 Å². The fourth-order valence-corrected chi connectivity index (χ4v) is 3.50. The van der Waals surface area contributed by atoms with Crippen LogP contribution < -0.4 is 10.6 Å². The van der Waals surface area contributed by atoms with Gasteiger partial charge in [0.2, 0.25) is 0 Å². The first-order chi connectivity index (χ1) is 8.62. The Hall–Kier alpha value is -0.910. The Kier molecular flexibility index (Phi) is 4.37. The van der Waals surface area contributed by atoms with E-state index >= 15 is 0 Å². The van der Waals surface area contributed by atoms with E-state index in [1.54, 1.807) is 0 Å². The zero-order chi connectivity index (χ0) is 13.0. The first-order valence-corrected chi connectivity index (χ1v) is 7.63. The van der Waals surface area contributed by atoms with E-state index in [0.717, 1.165) is 30.8 Å². The molecule has 18 heavy (non-hydrogen) atoms. The third kappa shape index (κ3) is 3.10. The normalized spacial score (nSPS) is 22.9. The van der Waals surface area contributed by atoms with Crippen molar-refractivity contribution in [3.8, 4) is 0 Å². The third-order valence-corrected chi connectivity index (χ3v) is 4.96. The van der Waals surface area contributed by atoms with Crippen LogP contribution in [0.25, 0.3) is 0 Å². The number of carbonyl (C=O) groups is 2. The maximum atomic E-state index is 11.7. The molecular formula is C12H20N2O3S. The molecule has 0 atom stereocenters. The van der Waals surface area contributed by atoms with Gasteiger partial charge in [0.25, 0.3) is 0 Å². The molecule has 0 aromatic carbocycles. The predicted molar refractivity (Wildman–Crippen MR) is 70.8 cm³/mol. The van der Waals surface area contributed by atoms with Crippen molar-refractivity contribution in [2.45, 2.75) is 38.1 Å². The Bertz CT molecular complexity index is 325. The molecule has 1 saturated carbocycles. The van der Waals surface area contributed by atoms with Crippen LogP contribution in [-0.4, -0.2) is 41.2 Å². The molecule has 0 radical (unpaired) electrons. The molecular weight excluding hydrogens is 252 g/mol. The fraction of sp³-hybridized carbons (Fsp3) is 0.833. The number of carboxylic acids is 1. The Morgan fingerprint density at radius 2 is 1.94 bits per heavy atom. The minimum absolute atomic E-state index is 0.223. The molecule has 1 aliphatic heterocycles. The summed E-state index contributed by atoms with van der Waals surface area (Å²) >= 11 is 1.91.